The fraction of sp³-hybridized carbons (Fsp3) is 0.100. The highest BCUT2D eigenvalue weighted by molar-refractivity contribution is 7.92. The van der Waals surface area contributed by atoms with Gasteiger partial charge in [0.05, 0.1) is 6.26 Å². The molecular weight excluding hydrogens is 288 g/mol. The van der Waals surface area contributed by atoms with E-state index >= 15 is 0 Å². The summed E-state index contributed by atoms with van der Waals surface area (Å²) < 4.78 is 24.4. The van der Waals surface area contributed by atoms with E-state index in [0.717, 1.165) is 6.26 Å². The van der Waals surface area contributed by atoms with E-state index < -0.39 is 10.0 Å². The maximum atomic E-state index is 11.8. The van der Waals surface area contributed by atoms with Gasteiger partial charge < -0.3 is 0 Å². The number of sulfonamides is 1. The zero-order valence-electron chi connectivity index (χ0n) is 9.82. The minimum atomic E-state index is -3.32. The van der Waals surface area contributed by atoms with Crippen molar-refractivity contribution in [1.29, 1.82) is 0 Å². The van der Waals surface area contributed by atoms with Gasteiger partial charge in [0.2, 0.25) is 15.2 Å². The third kappa shape index (κ3) is 4.00. The fourth-order valence-electron chi connectivity index (χ4n) is 1.30. The van der Waals surface area contributed by atoms with Crippen molar-refractivity contribution in [2.24, 2.45) is 0 Å². The van der Waals surface area contributed by atoms with Crippen LogP contribution in [0, 0.1) is 0 Å². The fourth-order valence-corrected chi connectivity index (χ4v) is 2.30. The highest BCUT2D eigenvalue weighted by Crippen LogP contribution is 2.14. The molecule has 100 valence electrons. The maximum Gasteiger partial charge on any atom is 0.257 e. The molecule has 0 atom stereocenters. The van der Waals surface area contributed by atoms with Crippen LogP contribution < -0.4 is 10.0 Å². The molecule has 0 aliphatic carbocycles. The van der Waals surface area contributed by atoms with Gasteiger partial charge in [0, 0.05) is 11.3 Å². The number of carbonyl (C=O) groups is 1. The van der Waals surface area contributed by atoms with Crippen molar-refractivity contribution >= 4 is 38.1 Å². The Morgan fingerprint density at radius 3 is 2.47 bits per heavy atom. The molecular formula is C10H10N4O3S2. The lowest BCUT2D eigenvalue weighted by Crippen LogP contribution is -2.12. The zero-order valence-corrected chi connectivity index (χ0v) is 11.5. The second-order valence-electron chi connectivity index (χ2n) is 3.65. The summed E-state index contributed by atoms with van der Waals surface area (Å²) in [6, 6.07) is 6.06. The molecule has 1 aromatic heterocycles. The Kier molecular flexibility index (Phi) is 3.76. The van der Waals surface area contributed by atoms with Gasteiger partial charge in [-0.15, -0.1) is 10.2 Å². The first-order valence-electron chi connectivity index (χ1n) is 5.09. The molecule has 0 spiro atoms. The lowest BCUT2D eigenvalue weighted by molar-refractivity contribution is 0.102. The average Bonchev–Trinajstić information content (AvgIpc) is 2.80. The van der Waals surface area contributed by atoms with E-state index in [-0.39, 0.29) is 5.91 Å². The van der Waals surface area contributed by atoms with Crippen LogP contribution >= 0.6 is 11.3 Å². The van der Waals surface area contributed by atoms with Crippen LogP contribution in [0.1, 0.15) is 10.4 Å². The van der Waals surface area contributed by atoms with Crippen molar-refractivity contribution in [2.45, 2.75) is 0 Å². The normalized spacial score (nSPS) is 11.0. The van der Waals surface area contributed by atoms with Crippen LogP contribution in [0.3, 0.4) is 0 Å². The van der Waals surface area contributed by atoms with Crippen molar-refractivity contribution < 1.29 is 13.2 Å². The molecule has 0 fully saturated rings. The highest BCUT2D eigenvalue weighted by atomic mass is 32.2. The van der Waals surface area contributed by atoms with Gasteiger partial charge in [-0.1, -0.05) is 11.3 Å². The molecule has 9 heteroatoms. The second kappa shape index (κ2) is 5.33. The summed E-state index contributed by atoms with van der Waals surface area (Å²) in [6.45, 7) is 0. The molecule has 0 aliphatic heterocycles. The molecule has 2 N–H and O–H groups in total. The molecule has 1 amide bonds. The second-order valence-corrected chi connectivity index (χ2v) is 6.23. The number of amides is 1. The summed E-state index contributed by atoms with van der Waals surface area (Å²) in [5.74, 6) is -0.331. The number of rotatable bonds is 4. The van der Waals surface area contributed by atoms with Gasteiger partial charge in [0.25, 0.3) is 5.91 Å². The SMILES string of the molecule is CS(=O)(=O)Nc1ccc(C(=O)Nc2nncs2)cc1. The molecule has 1 aromatic carbocycles. The number of carbonyl (C=O) groups excluding carboxylic acids is 1. The van der Waals surface area contributed by atoms with Crippen LogP contribution in [0.4, 0.5) is 10.8 Å². The predicted octanol–water partition coefficient (Wildman–Crippen LogP) is 1.16. The lowest BCUT2D eigenvalue weighted by Gasteiger charge is -2.05. The van der Waals surface area contributed by atoms with E-state index in [4.69, 9.17) is 0 Å². The standard InChI is InChI=1S/C10H10N4O3S2/c1-19(16,17)14-8-4-2-7(3-5-8)9(15)12-10-13-11-6-18-10/h2-6,14H,1H3,(H,12,13,15). The zero-order chi connectivity index (χ0) is 13.9. The van der Waals surface area contributed by atoms with Gasteiger partial charge in [-0.2, -0.15) is 0 Å². The first-order chi connectivity index (χ1) is 8.94. The van der Waals surface area contributed by atoms with Gasteiger partial charge >= 0.3 is 0 Å². The van der Waals surface area contributed by atoms with E-state index in [1.165, 1.54) is 41.1 Å². The number of aromatic nitrogens is 2. The molecule has 0 bridgehead atoms. The van der Waals surface area contributed by atoms with Crippen LogP contribution in [0.15, 0.2) is 29.8 Å². The van der Waals surface area contributed by atoms with Crippen LogP contribution in [0.25, 0.3) is 0 Å². The Bertz CT molecular complexity index is 665. The minimum absolute atomic E-state index is 0.331. The largest absolute Gasteiger partial charge is 0.296 e. The third-order valence-electron chi connectivity index (χ3n) is 2.03. The third-order valence-corrected chi connectivity index (χ3v) is 3.24. The topological polar surface area (TPSA) is 101 Å². The Morgan fingerprint density at radius 2 is 1.95 bits per heavy atom. The lowest BCUT2D eigenvalue weighted by atomic mass is 10.2. The van der Waals surface area contributed by atoms with E-state index in [2.05, 4.69) is 20.2 Å². The van der Waals surface area contributed by atoms with Crippen LogP contribution in [-0.4, -0.2) is 30.8 Å². The number of benzene rings is 1. The molecule has 7 nitrogen and oxygen atoms in total. The van der Waals surface area contributed by atoms with Crippen LogP contribution in [0.5, 0.6) is 0 Å². The molecule has 0 saturated carbocycles. The van der Waals surface area contributed by atoms with Crippen molar-refractivity contribution in [3.05, 3.63) is 35.3 Å². The van der Waals surface area contributed by atoms with E-state index in [9.17, 15) is 13.2 Å². The van der Waals surface area contributed by atoms with Crippen molar-refractivity contribution in [3.63, 3.8) is 0 Å². The predicted molar refractivity (Wildman–Crippen MR) is 72.8 cm³/mol. The molecule has 2 aromatic rings. The molecule has 0 unspecified atom stereocenters. The average molecular weight is 298 g/mol. The minimum Gasteiger partial charge on any atom is -0.296 e. The Labute approximate surface area is 113 Å². The number of nitrogens with zero attached hydrogens (tertiary/aromatic N) is 2. The smallest absolute Gasteiger partial charge is 0.257 e. The van der Waals surface area contributed by atoms with Gasteiger partial charge in [-0.3, -0.25) is 14.8 Å². The van der Waals surface area contributed by atoms with E-state index in [1.807, 2.05) is 0 Å². The van der Waals surface area contributed by atoms with Gasteiger partial charge in [-0.25, -0.2) is 8.42 Å². The van der Waals surface area contributed by atoms with Crippen molar-refractivity contribution in [3.8, 4) is 0 Å². The molecule has 2 rings (SSSR count). The van der Waals surface area contributed by atoms with Crippen molar-refractivity contribution in [2.75, 3.05) is 16.3 Å². The summed E-state index contributed by atoms with van der Waals surface area (Å²) in [5.41, 5.74) is 2.30. The van der Waals surface area contributed by atoms with E-state index in [0.29, 0.717) is 16.4 Å². The first-order valence-corrected chi connectivity index (χ1v) is 7.86. The molecule has 0 radical (unpaired) electrons. The molecule has 19 heavy (non-hydrogen) atoms. The summed E-state index contributed by atoms with van der Waals surface area (Å²) in [6.07, 6.45) is 1.06. The van der Waals surface area contributed by atoms with Gasteiger partial charge in [-0.05, 0) is 24.3 Å². The summed E-state index contributed by atoms with van der Waals surface area (Å²) in [7, 11) is -3.32. The van der Waals surface area contributed by atoms with Gasteiger partial charge in [0.15, 0.2) is 0 Å². The molecule has 1 heterocycles. The first kappa shape index (κ1) is 13.4. The molecule has 0 saturated heterocycles. The van der Waals surface area contributed by atoms with Crippen LogP contribution in [-0.2, 0) is 10.0 Å². The van der Waals surface area contributed by atoms with Crippen LogP contribution in [0.2, 0.25) is 0 Å². The van der Waals surface area contributed by atoms with Gasteiger partial charge in [0.1, 0.15) is 5.51 Å². The Balaban J connectivity index is 2.08. The van der Waals surface area contributed by atoms with Crippen molar-refractivity contribution in [1.82, 2.24) is 10.2 Å². The summed E-state index contributed by atoms with van der Waals surface area (Å²) >= 11 is 1.21. The maximum absolute atomic E-state index is 11.8. The summed E-state index contributed by atoms with van der Waals surface area (Å²) in [4.78, 5) is 11.8. The monoisotopic (exact) mass is 298 g/mol. The summed E-state index contributed by atoms with van der Waals surface area (Å²) in [5, 5.41) is 10.3. The van der Waals surface area contributed by atoms with E-state index in [1.54, 1.807) is 0 Å². The number of anilines is 2. The highest BCUT2D eigenvalue weighted by Gasteiger charge is 2.08. The Hall–Kier alpha value is -2.00. The Morgan fingerprint density at radius 1 is 1.26 bits per heavy atom. The number of nitrogens with one attached hydrogen (secondary N) is 2. The number of hydrogen-bond donors (Lipinski definition) is 2. The molecule has 0 aliphatic rings. The quantitative estimate of drug-likeness (QED) is 0.882. The number of hydrogen-bond acceptors (Lipinski definition) is 6.